The highest BCUT2D eigenvalue weighted by atomic mass is 35.5. The summed E-state index contributed by atoms with van der Waals surface area (Å²) in [4.78, 5) is 4.70. The number of benzene rings is 1. The Kier molecular flexibility index (Phi) is 3.96. The first-order valence-electron chi connectivity index (χ1n) is 6.68. The molecular weight excluding hydrogens is 244 g/mol. The van der Waals surface area contributed by atoms with Crippen LogP contribution in [0.25, 0.3) is 11.0 Å². The van der Waals surface area contributed by atoms with Gasteiger partial charge in [-0.3, -0.25) is 0 Å². The lowest BCUT2D eigenvalue weighted by atomic mass is 10.0. The zero-order chi connectivity index (χ0) is 13.3. The number of fused-ring (bicyclic) bond motifs is 1. The molecular formula is C15H21ClN2. The van der Waals surface area contributed by atoms with Crippen molar-refractivity contribution in [1.29, 1.82) is 0 Å². The smallest absolute Gasteiger partial charge is 0.127 e. The van der Waals surface area contributed by atoms with Crippen molar-refractivity contribution in [2.45, 2.75) is 52.0 Å². The van der Waals surface area contributed by atoms with Crippen LogP contribution in [0.2, 0.25) is 0 Å². The fourth-order valence-electron chi connectivity index (χ4n) is 2.29. The Bertz CT molecular complexity index is 541. The quantitative estimate of drug-likeness (QED) is 0.721. The second-order valence-corrected chi connectivity index (χ2v) is 5.80. The molecule has 98 valence electrons. The van der Waals surface area contributed by atoms with Crippen molar-refractivity contribution < 1.29 is 0 Å². The Hall–Kier alpha value is -1.02. The molecule has 2 nitrogen and oxygen atoms in total. The third-order valence-electron chi connectivity index (χ3n) is 3.27. The third-order valence-corrected chi connectivity index (χ3v) is 3.47. The van der Waals surface area contributed by atoms with E-state index in [1.54, 1.807) is 0 Å². The highest BCUT2D eigenvalue weighted by Crippen LogP contribution is 2.27. The fourth-order valence-corrected chi connectivity index (χ4v) is 2.45. The molecule has 0 amide bonds. The van der Waals surface area contributed by atoms with E-state index < -0.39 is 0 Å². The zero-order valence-corrected chi connectivity index (χ0v) is 12.3. The summed E-state index contributed by atoms with van der Waals surface area (Å²) in [5, 5.41) is -0.0496. The third kappa shape index (κ3) is 2.39. The van der Waals surface area contributed by atoms with Crippen LogP contribution in [0, 0.1) is 0 Å². The summed E-state index contributed by atoms with van der Waals surface area (Å²) in [5.41, 5.74) is 3.60. The van der Waals surface area contributed by atoms with E-state index in [1.165, 1.54) is 11.1 Å². The summed E-state index contributed by atoms with van der Waals surface area (Å²) >= 11 is 6.23. The number of imidazole rings is 1. The first-order valence-corrected chi connectivity index (χ1v) is 7.12. The van der Waals surface area contributed by atoms with Crippen LogP contribution in [-0.2, 0) is 6.54 Å². The maximum atomic E-state index is 6.23. The Morgan fingerprint density at radius 3 is 2.56 bits per heavy atom. The molecule has 0 aliphatic rings. The first kappa shape index (κ1) is 13.4. The van der Waals surface area contributed by atoms with Crippen LogP contribution in [0.4, 0.5) is 0 Å². The van der Waals surface area contributed by atoms with Crippen molar-refractivity contribution in [2.24, 2.45) is 0 Å². The minimum absolute atomic E-state index is 0.0496. The molecule has 2 rings (SSSR count). The molecule has 0 spiro atoms. The number of aryl methyl sites for hydroxylation is 1. The molecule has 1 atom stereocenters. The minimum Gasteiger partial charge on any atom is -0.327 e. The van der Waals surface area contributed by atoms with Gasteiger partial charge in [0.2, 0.25) is 0 Å². The maximum absolute atomic E-state index is 6.23. The normalized spacial score (nSPS) is 13.4. The van der Waals surface area contributed by atoms with Crippen LogP contribution in [0.1, 0.15) is 56.8 Å². The molecule has 0 N–H and O–H groups in total. The van der Waals surface area contributed by atoms with Crippen molar-refractivity contribution in [3.8, 4) is 0 Å². The molecule has 0 fully saturated rings. The van der Waals surface area contributed by atoms with E-state index in [-0.39, 0.29) is 5.38 Å². The molecule has 1 aromatic heterocycles. The first-order chi connectivity index (χ1) is 8.54. The monoisotopic (exact) mass is 264 g/mol. The van der Waals surface area contributed by atoms with Crippen molar-refractivity contribution in [3.63, 3.8) is 0 Å². The molecule has 0 aliphatic carbocycles. The van der Waals surface area contributed by atoms with Gasteiger partial charge >= 0.3 is 0 Å². The van der Waals surface area contributed by atoms with Gasteiger partial charge in [-0.25, -0.2) is 4.98 Å². The molecule has 3 heteroatoms. The van der Waals surface area contributed by atoms with Gasteiger partial charge in [-0.2, -0.15) is 0 Å². The van der Waals surface area contributed by atoms with Crippen molar-refractivity contribution in [1.82, 2.24) is 9.55 Å². The second kappa shape index (κ2) is 5.31. The lowest BCUT2D eigenvalue weighted by Gasteiger charge is -2.09. The molecule has 1 unspecified atom stereocenters. The molecule has 0 saturated carbocycles. The topological polar surface area (TPSA) is 17.8 Å². The van der Waals surface area contributed by atoms with E-state index >= 15 is 0 Å². The number of aromatic nitrogens is 2. The molecule has 0 bridgehead atoms. The number of halogens is 1. The average molecular weight is 265 g/mol. The van der Waals surface area contributed by atoms with Crippen LogP contribution >= 0.6 is 11.6 Å². The highest BCUT2D eigenvalue weighted by Gasteiger charge is 2.15. The van der Waals surface area contributed by atoms with E-state index in [0.29, 0.717) is 5.92 Å². The van der Waals surface area contributed by atoms with E-state index in [9.17, 15) is 0 Å². The molecule has 0 aliphatic heterocycles. The Morgan fingerprint density at radius 1 is 1.28 bits per heavy atom. The Balaban J connectivity index is 2.60. The molecule has 1 heterocycles. The van der Waals surface area contributed by atoms with Gasteiger partial charge < -0.3 is 4.57 Å². The van der Waals surface area contributed by atoms with Gasteiger partial charge in [-0.1, -0.05) is 26.8 Å². The van der Waals surface area contributed by atoms with Gasteiger partial charge in [-0.15, -0.1) is 11.6 Å². The van der Waals surface area contributed by atoms with Gasteiger partial charge in [0.15, 0.2) is 0 Å². The minimum atomic E-state index is -0.0496. The number of rotatable bonds is 4. The molecule has 0 saturated heterocycles. The Morgan fingerprint density at radius 2 is 2.00 bits per heavy atom. The Labute approximate surface area is 114 Å². The summed E-state index contributed by atoms with van der Waals surface area (Å²) in [7, 11) is 0. The van der Waals surface area contributed by atoms with Gasteiger partial charge in [0, 0.05) is 6.54 Å². The SMILES string of the molecule is CCCn1c(C(C)Cl)nc2cc(C(C)C)ccc21. The van der Waals surface area contributed by atoms with Crippen LogP contribution in [0.5, 0.6) is 0 Å². The van der Waals surface area contributed by atoms with Crippen molar-refractivity contribution >= 4 is 22.6 Å². The molecule has 2 aromatic rings. The fraction of sp³-hybridized carbons (Fsp3) is 0.533. The van der Waals surface area contributed by atoms with Gasteiger partial charge in [0.25, 0.3) is 0 Å². The summed E-state index contributed by atoms with van der Waals surface area (Å²) < 4.78 is 2.25. The summed E-state index contributed by atoms with van der Waals surface area (Å²) in [5.74, 6) is 1.51. The average Bonchev–Trinajstić information content (AvgIpc) is 2.68. The van der Waals surface area contributed by atoms with E-state index in [2.05, 4.69) is 43.5 Å². The summed E-state index contributed by atoms with van der Waals surface area (Å²) in [6.07, 6.45) is 1.09. The number of alkyl halides is 1. The van der Waals surface area contributed by atoms with E-state index in [0.717, 1.165) is 24.3 Å². The number of hydrogen-bond donors (Lipinski definition) is 0. The lowest BCUT2D eigenvalue weighted by Crippen LogP contribution is -2.03. The predicted molar refractivity (Wildman–Crippen MR) is 78.4 cm³/mol. The lowest BCUT2D eigenvalue weighted by molar-refractivity contribution is 0.654. The van der Waals surface area contributed by atoms with Crippen molar-refractivity contribution in [2.75, 3.05) is 0 Å². The molecule has 0 radical (unpaired) electrons. The van der Waals surface area contributed by atoms with Gasteiger partial charge in [-0.05, 0) is 37.0 Å². The van der Waals surface area contributed by atoms with Crippen LogP contribution < -0.4 is 0 Å². The standard InChI is InChI=1S/C15H21ClN2/c1-5-8-18-14-7-6-12(10(2)3)9-13(14)17-15(18)11(4)16/h6-7,9-11H,5,8H2,1-4H3. The highest BCUT2D eigenvalue weighted by molar-refractivity contribution is 6.20. The number of nitrogens with zero attached hydrogens (tertiary/aromatic N) is 2. The van der Waals surface area contributed by atoms with Gasteiger partial charge in [0.05, 0.1) is 16.4 Å². The van der Waals surface area contributed by atoms with Crippen molar-refractivity contribution in [3.05, 3.63) is 29.6 Å². The summed E-state index contributed by atoms with van der Waals surface area (Å²) in [6.45, 7) is 9.55. The number of hydrogen-bond acceptors (Lipinski definition) is 1. The van der Waals surface area contributed by atoms with Crippen LogP contribution in [-0.4, -0.2) is 9.55 Å². The summed E-state index contributed by atoms with van der Waals surface area (Å²) in [6, 6.07) is 6.56. The molecule has 18 heavy (non-hydrogen) atoms. The predicted octanol–water partition coefficient (Wildman–Crippen LogP) is 4.87. The van der Waals surface area contributed by atoms with E-state index in [1.807, 2.05) is 6.92 Å². The van der Waals surface area contributed by atoms with Gasteiger partial charge in [0.1, 0.15) is 5.82 Å². The van der Waals surface area contributed by atoms with Crippen LogP contribution in [0.15, 0.2) is 18.2 Å². The molecule has 1 aromatic carbocycles. The second-order valence-electron chi connectivity index (χ2n) is 5.14. The maximum Gasteiger partial charge on any atom is 0.127 e. The zero-order valence-electron chi connectivity index (χ0n) is 11.6. The van der Waals surface area contributed by atoms with Crippen LogP contribution in [0.3, 0.4) is 0 Å². The van der Waals surface area contributed by atoms with E-state index in [4.69, 9.17) is 16.6 Å². The largest absolute Gasteiger partial charge is 0.327 e.